The summed E-state index contributed by atoms with van der Waals surface area (Å²) in [6.07, 6.45) is 0. The summed E-state index contributed by atoms with van der Waals surface area (Å²) in [5.41, 5.74) is 1.94. The van der Waals surface area contributed by atoms with Crippen LogP contribution in [0, 0.1) is 0 Å². The summed E-state index contributed by atoms with van der Waals surface area (Å²) in [5, 5.41) is 0.878. The van der Waals surface area contributed by atoms with Crippen molar-refractivity contribution >= 4 is 11.8 Å². The van der Waals surface area contributed by atoms with Crippen molar-refractivity contribution in [2.24, 2.45) is 0 Å². The van der Waals surface area contributed by atoms with Gasteiger partial charge in [-0.25, -0.2) is 9.97 Å². The molecule has 0 aromatic carbocycles. The van der Waals surface area contributed by atoms with Gasteiger partial charge in [0.05, 0.1) is 11.4 Å². The molecule has 0 N–H and O–H groups in total. The van der Waals surface area contributed by atoms with Crippen LogP contribution in [0.2, 0.25) is 0 Å². The highest BCUT2D eigenvalue weighted by atomic mass is 32.2. The van der Waals surface area contributed by atoms with E-state index < -0.39 is 0 Å². The zero-order chi connectivity index (χ0) is 11.4. The highest BCUT2D eigenvalue weighted by molar-refractivity contribution is 7.99. The van der Waals surface area contributed by atoms with Gasteiger partial charge in [-0.3, -0.25) is 0 Å². The molecular weight excluding hydrogens is 218 g/mol. The predicted octanol–water partition coefficient (Wildman–Crippen LogP) is 2.24. The van der Waals surface area contributed by atoms with Gasteiger partial charge < -0.3 is 4.90 Å². The topological polar surface area (TPSA) is 29.0 Å². The summed E-state index contributed by atoms with van der Waals surface area (Å²) in [4.78, 5) is 11.1. The maximum atomic E-state index is 4.48. The first-order chi connectivity index (χ1) is 7.75. The Hall–Kier alpha value is -1.13. The maximum absolute atomic E-state index is 4.48. The van der Waals surface area contributed by atoms with Crippen molar-refractivity contribution in [3.63, 3.8) is 0 Å². The van der Waals surface area contributed by atoms with Crippen molar-refractivity contribution in [2.45, 2.75) is 5.16 Å². The largest absolute Gasteiger partial charge is 0.309 e. The van der Waals surface area contributed by atoms with Crippen LogP contribution in [0.5, 0.6) is 0 Å². The van der Waals surface area contributed by atoms with E-state index in [-0.39, 0.29) is 0 Å². The number of rotatable bonds is 4. The third-order valence-corrected chi connectivity index (χ3v) is 3.02. The molecule has 2 rings (SSSR count). The van der Waals surface area contributed by atoms with Gasteiger partial charge in [0.1, 0.15) is 0 Å². The molecule has 0 amide bonds. The lowest BCUT2D eigenvalue weighted by Gasteiger charge is -2.06. The first-order valence-corrected chi connectivity index (χ1v) is 6.24. The molecular formula is C12H15N3S. The summed E-state index contributed by atoms with van der Waals surface area (Å²) in [6.45, 7) is 1.04. The number of nitrogens with zero attached hydrogens (tertiary/aromatic N) is 3. The normalized spacial score (nSPS) is 11.2. The Labute approximate surface area is 100 Å². The molecule has 3 nitrogen and oxygen atoms in total. The van der Waals surface area contributed by atoms with Gasteiger partial charge in [0.15, 0.2) is 5.16 Å². The Morgan fingerprint density at radius 2 is 1.69 bits per heavy atom. The van der Waals surface area contributed by atoms with Crippen LogP contribution in [-0.4, -0.2) is 41.3 Å². The van der Waals surface area contributed by atoms with Crippen molar-refractivity contribution in [2.75, 3.05) is 26.4 Å². The average Bonchev–Trinajstić information content (AvgIpc) is 2.48. The fraction of sp³-hybridized carbons (Fsp3) is 0.333. The van der Waals surface area contributed by atoms with Crippen LogP contribution in [0.4, 0.5) is 0 Å². The molecule has 0 spiro atoms. The van der Waals surface area contributed by atoms with E-state index in [1.54, 1.807) is 11.8 Å². The molecule has 0 radical (unpaired) electrons. The van der Waals surface area contributed by atoms with Crippen molar-refractivity contribution < 1.29 is 0 Å². The highest BCUT2D eigenvalue weighted by Gasteiger charge is 2.08. The van der Waals surface area contributed by atoms with E-state index in [1.165, 1.54) is 0 Å². The molecule has 0 saturated carbocycles. The van der Waals surface area contributed by atoms with Crippen LogP contribution < -0.4 is 0 Å². The molecule has 0 aromatic rings. The highest BCUT2D eigenvalue weighted by Crippen LogP contribution is 2.22. The van der Waals surface area contributed by atoms with E-state index in [0.29, 0.717) is 0 Å². The van der Waals surface area contributed by atoms with E-state index in [4.69, 9.17) is 0 Å². The molecule has 4 heteroatoms. The third-order valence-electron chi connectivity index (χ3n) is 2.19. The molecule has 16 heavy (non-hydrogen) atoms. The van der Waals surface area contributed by atoms with Gasteiger partial charge in [-0.2, -0.15) is 0 Å². The lowest BCUT2D eigenvalue weighted by Crippen LogP contribution is -2.14. The van der Waals surface area contributed by atoms with Gasteiger partial charge in [0.25, 0.3) is 0 Å². The smallest absolute Gasteiger partial charge is 0.188 e. The van der Waals surface area contributed by atoms with Gasteiger partial charge in [-0.1, -0.05) is 30.0 Å². The number of fused-ring (bicyclic) bond motifs is 1. The van der Waals surface area contributed by atoms with Gasteiger partial charge in [-0.05, 0) is 26.2 Å². The second kappa shape index (κ2) is 5.27. The van der Waals surface area contributed by atoms with Crippen LogP contribution in [0.1, 0.15) is 0 Å². The zero-order valence-corrected chi connectivity index (χ0v) is 10.4. The summed E-state index contributed by atoms with van der Waals surface area (Å²) < 4.78 is 0. The quantitative estimate of drug-likeness (QED) is 0.757. The van der Waals surface area contributed by atoms with Crippen LogP contribution in [0.3, 0.4) is 0 Å². The molecule has 0 saturated heterocycles. The maximum Gasteiger partial charge on any atom is 0.188 e. The summed E-state index contributed by atoms with van der Waals surface area (Å²) in [5.74, 6) is 1.02. The van der Waals surface area contributed by atoms with Crippen molar-refractivity contribution in [3.8, 4) is 11.4 Å². The lowest BCUT2D eigenvalue weighted by atomic mass is 10.3. The molecule has 1 aliphatic heterocycles. The molecule has 0 aromatic heterocycles. The van der Waals surface area contributed by atoms with Crippen molar-refractivity contribution in [1.29, 1.82) is 0 Å². The van der Waals surface area contributed by atoms with E-state index in [9.17, 15) is 0 Å². The minimum Gasteiger partial charge on any atom is -0.309 e. The second-order valence-electron chi connectivity index (χ2n) is 3.84. The summed E-state index contributed by atoms with van der Waals surface area (Å²) in [6, 6.07) is 9.97. The Bertz CT molecular complexity index is 400. The Morgan fingerprint density at radius 3 is 2.25 bits per heavy atom. The standard InChI is InChI=1S/C12H15N3S/c1-15(2)8-9-16-12-13-10-6-4-3-5-7-11(10)14-12/h3-7H,8-9H2,1-2H3. The summed E-state index contributed by atoms with van der Waals surface area (Å²) in [7, 11) is 4.14. The molecule has 0 bridgehead atoms. The van der Waals surface area contributed by atoms with Crippen LogP contribution in [0.25, 0.3) is 11.4 Å². The molecule has 1 heterocycles. The fourth-order valence-electron chi connectivity index (χ4n) is 1.33. The molecule has 1 aliphatic carbocycles. The van der Waals surface area contributed by atoms with E-state index in [2.05, 4.69) is 29.0 Å². The zero-order valence-electron chi connectivity index (χ0n) is 9.55. The first kappa shape index (κ1) is 11.4. The SMILES string of the molecule is CN(C)CCSc1nc2cccccc-2n1. The lowest BCUT2D eigenvalue weighted by molar-refractivity contribution is 0.437. The minimum atomic E-state index is 0.878. The number of hydrogen-bond acceptors (Lipinski definition) is 4. The molecule has 0 unspecified atom stereocenters. The monoisotopic (exact) mass is 233 g/mol. The first-order valence-electron chi connectivity index (χ1n) is 5.26. The van der Waals surface area contributed by atoms with Gasteiger partial charge >= 0.3 is 0 Å². The van der Waals surface area contributed by atoms with Crippen molar-refractivity contribution in [3.05, 3.63) is 30.3 Å². The number of imidazole rings is 1. The van der Waals surface area contributed by atoms with E-state index in [1.807, 2.05) is 30.3 Å². The number of aromatic nitrogens is 2. The Kier molecular flexibility index (Phi) is 3.74. The molecule has 0 atom stereocenters. The summed E-state index contributed by atoms with van der Waals surface area (Å²) >= 11 is 1.71. The van der Waals surface area contributed by atoms with Gasteiger partial charge in [-0.15, -0.1) is 0 Å². The van der Waals surface area contributed by atoms with Gasteiger partial charge in [0.2, 0.25) is 0 Å². The number of hydrogen-bond donors (Lipinski definition) is 0. The Balaban J connectivity index is 2.06. The molecule has 0 fully saturated rings. The number of thioether (sulfide) groups is 1. The van der Waals surface area contributed by atoms with Gasteiger partial charge in [0, 0.05) is 12.3 Å². The van der Waals surface area contributed by atoms with Crippen molar-refractivity contribution in [1.82, 2.24) is 14.9 Å². The minimum absolute atomic E-state index is 0.878. The average molecular weight is 233 g/mol. The molecule has 2 aliphatic rings. The predicted molar refractivity (Wildman–Crippen MR) is 67.9 cm³/mol. The van der Waals surface area contributed by atoms with Crippen LogP contribution >= 0.6 is 11.8 Å². The van der Waals surface area contributed by atoms with Crippen LogP contribution in [0.15, 0.2) is 35.5 Å². The Morgan fingerprint density at radius 1 is 1.06 bits per heavy atom. The van der Waals surface area contributed by atoms with Crippen LogP contribution in [-0.2, 0) is 0 Å². The third kappa shape index (κ3) is 2.93. The fourth-order valence-corrected chi connectivity index (χ4v) is 2.30. The van der Waals surface area contributed by atoms with E-state index in [0.717, 1.165) is 28.8 Å². The molecule has 84 valence electrons. The van der Waals surface area contributed by atoms with E-state index >= 15 is 0 Å². The second-order valence-corrected chi connectivity index (χ2v) is 4.90.